The zero-order chi connectivity index (χ0) is 36.6. The van der Waals surface area contributed by atoms with E-state index in [1.165, 1.54) is 30.0 Å². The van der Waals surface area contributed by atoms with Crippen LogP contribution in [0.3, 0.4) is 0 Å². The van der Waals surface area contributed by atoms with Gasteiger partial charge in [0.25, 0.3) is 0 Å². The number of hydrogen-bond acceptors (Lipinski definition) is 7. The number of nitrogens with one attached hydrogen (secondary N) is 3. The summed E-state index contributed by atoms with van der Waals surface area (Å²) in [5.41, 5.74) is 3.77. The molecule has 0 atom stereocenters. The van der Waals surface area contributed by atoms with E-state index in [2.05, 4.69) is 21.1 Å². The molecule has 0 bridgehead atoms. The maximum atomic E-state index is 15.0. The quantitative estimate of drug-likeness (QED) is 0.115. The molecule has 6 aromatic rings. The number of hydrogen-bond donors (Lipinski definition) is 3. The van der Waals surface area contributed by atoms with Crippen LogP contribution in [0, 0.1) is 11.6 Å². The minimum atomic E-state index is -0.812. The minimum absolute atomic E-state index is 0.147. The van der Waals surface area contributed by atoms with Crippen LogP contribution in [-0.4, -0.2) is 33.4 Å². The number of benzene rings is 4. The smallest absolute Gasteiger partial charge is 0.353 e. The third-order valence-electron chi connectivity index (χ3n) is 7.96. The molecule has 2 aromatic heterocycles. The molecule has 0 unspecified atom stereocenters. The predicted molar refractivity (Wildman–Crippen MR) is 193 cm³/mol. The number of anilines is 2. The first-order chi connectivity index (χ1) is 25.1. The number of aromatic nitrogens is 2. The van der Waals surface area contributed by atoms with E-state index in [4.69, 9.17) is 9.57 Å². The van der Waals surface area contributed by atoms with E-state index < -0.39 is 23.1 Å². The van der Waals surface area contributed by atoms with Crippen LogP contribution in [0.25, 0.3) is 10.9 Å². The second-order valence-corrected chi connectivity index (χ2v) is 11.9. The van der Waals surface area contributed by atoms with Gasteiger partial charge in [-0.25, -0.2) is 18.6 Å². The average Bonchev–Trinajstić information content (AvgIpc) is 3.12. The maximum Gasteiger partial charge on any atom is 0.353 e. The number of halogens is 2. The Morgan fingerprint density at radius 1 is 0.808 bits per heavy atom. The second-order valence-electron chi connectivity index (χ2n) is 11.9. The van der Waals surface area contributed by atoms with Crippen LogP contribution >= 0.6 is 0 Å². The summed E-state index contributed by atoms with van der Waals surface area (Å²) in [5.74, 6) is -1.08. The molecule has 4 aromatic carbocycles. The lowest BCUT2D eigenvalue weighted by atomic mass is 10.0. The van der Waals surface area contributed by atoms with E-state index in [9.17, 15) is 23.2 Å². The molecule has 52 heavy (non-hydrogen) atoms. The van der Waals surface area contributed by atoms with Gasteiger partial charge < -0.3 is 19.5 Å². The molecule has 3 N–H and O–H groups in total. The SMILES string of the molecule is CC(=O)Nc1ccc(Oc2ccc3c(c2CN(C)Cc2ccccc2)c(=O)c(ONC(=O)Nc2ccccn2)cn3Cc2c(F)cccc2F)cc1. The van der Waals surface area contributed by atoms with Crippen LogP contribution in [0.5, 0.6) is 17.2 Å². The molecule has 0 aliphatic carbocycles. The average molecular weight is 705 g/mol. The number of fused-ring (bicyclic) bond motifs is 1. The summed E-state index contributed by atoms with van der Waals surface area (Å²) in [5, 5.41) is 5.36. The fourth-order valence-electron chi connectivity index (χ4n) is 5.65. The molecule has 0 spiro atoms. The van der Waals surface area contributed by atoms with Crippen LogP contribution in [0.4, 0.5) is 25.1 Å². The van der Waals surface area contributed by atoms with Crippen LogP contribution in [0.15, 0.2) is 120 Å². The number of rotatable bonds is 12. The maximum absolute atomic E-state index is 15.0. The van der Waals surface area contributed by atoms with E-state index >= 15 is 0 Å². The van der Waals surface area contributed by atoms with Gasteiger partial charge in [0.15, 0.2) is 0 Å². The first kappa shape index (κ1) is 35.2. The Labute approximate surface area is 297 Å². The van der Waals surface area contributed by atoms with Crippen molar-refractivity contribution in [1.82, 2.24) is 19.9 Å². The molecule has 0 saturated heterocycles. The molecule has 0 aliphatic heterocycles. The highest BCUT2D eigenvalue weighted by Crippen LogP contribution is 2.33. The highest BCUT2D eigenvalue weighted by Gasteiger charge is 2.22. The Kier molecular flexibility index (Phi) is 10.8. The van der Waals surface area contributed by atoms with Gasteiger partial charge in [-0.1, -0.05) is 42.5 Å². The van der Waals surface area contributed by atoms with Crippen molar-refractivity contribution in [3.05, 3.63) is 154 Å². The van der Waals surface area contributed by atoms with Crippen molar-refractivity contribution in [3.8, 4) is 17.2 Å². The van der Waals surface area contributed by atoms with Crippen LogP contribution < -0.4 is 31.1 Å². The minimum Gasteiger partial charge on any atom is -0.457 e. The standard InChI is InChI=1S/C39H34F2N6O5/c1-25(48)43-27-14-16-28(17-15-27)51-34-19-18-33-37(30(34)22-46(2)21-26-9-4-3-5-10-26)38(49)35(52-45-39(50)44-36-13-6-7-20-42-36)24-47(33)23-29-31(40)11-8-12-32(29)41/h3-20,24H,21-23H2,1-2H3,(H,43,48)(H2,42,44,45,50). The number of nitrogens with zero attached hydrogens (tertiary/aromatic N) is 3. The van der Waals surface area contributed by atoms with Gasteiger partial charge in [0.1, 0.15) is 29.0 Å². The van der Waals surface area contributed by atoms with Gasteiger partial charge in [-0.3, -0.25) is 19.8 Å². The van der Waals surface area contributed by atoms with Crippen molar-refractivity contribution >= 4 is 34.3 Å². The van der Waals surface area contributed by atoms with Gasteiger partial charge in [0.05, 0.1) is 23.6 Å². The molecule has 2 heterocycles. The molecule has 0 radical (unpaired) electrons. The highest BCUT2D eigenvalue weighted by atomic mass is 19.1. The van der Waals surface area contributed by atoms with Gasteiger partial charge >= 0.3 is 6.03 Å². The number of carbonyl (C=O) groups excluding carboxylic acids is 2. The van der Waals surface area contributed by atoms with E-state index in [0.29, 0.717) is 34.8 Å². The summed E-state index contributed by atoms with van der Waals surface area (Å²) in [4.78, 5) is 50.2. The third-order valence-corrected chi connectivity index (χ3v) is 7.96. The third kappa shape index (κ3) is 8.57. The predicted octanol–water partition coefficient (Wildman–Crippen LogP) is 7.22. The first-order valence-corrected chi connectivity index (χ1v) is 16.2. The Balaban J connectivity index is 1.46. The van der Waals surface area contributed by atoms with Gasteiger partial charge in [-0.2, -0.15) is 5.48 Å². The lowest BCUT2D eigenvalue weighted by Gasteiger charge is -2.22. The van der Waals surface area contributed by atoms with Gasteiger partial charge in [-0.15, -0.1) is 0 Å². The Hall–Kier alpha value is -6.60. The molecule has 0 fully saturated rings. The van der Waals surface area contributed by atoms with Crippen molar-refractivity contribution in [2.24, 2.45) is 0 Å². The number of hydroxylamine groups is 1. The lowest BCUT2D eigenvalue weighted by Crippen LogP contribution is -2.34. The number of amides is 3. The topological polar surface area (TPSA) is 127 Å². The summed E-state index contributed by atoms with van der Waals surface area (Å²) in [7, 11) is 1.88. The molecule has 0 aliphatic rings. The molecule has 6 rings (SSSR count). The van der Waals surface area contributed by atoms with Crippen molar-refractivity contribution in [3.63, 3.8) is 0 Å². The second kappa shape index (κ2) is 16.0. The van der Waals surface area contributed by atoms with E-state index in [0.717, 1.165) is 17.7 Å². The van der Waals surface area contributed by atoms with Crippen molar-refractivity contribution in [2.75, 3.05) is 17.7 Å². The molecule has 3 amide bonds. The molecule has 0 saturated carbocycles. The fourth-order valence-corrected chi connectivity index (χ4v) is 5.65. The monoisotopic (exact) mass is 704 g/mol. The Bertz CT molecular complexity index is 2250. The number of ether oxygens (including phenoxy) is 1. The first-order valence-electron chi connectivity index (χ1n) is 16.2. The van der Waals surface area contributed by atoms with Gasteiger partial charge in [-0.05, 0) is 73.3 Å². The number of pyridine rings is 2. The van der Waals surface area contributed by atoms with Gasteiger partial charge in [0.2, 0.25) is 17.1 Å². The molecule has 13 heteroatoms. The van der Waals surface area contributed by atoms with Gasteiger partial charge in [0, 0.05) is 43.0 Å². The molecular weight excluding hydrogens is 670 g/mol. The zero-order valence-electron chi connectivity index (χ0n) is 28.2. The van der Waals surface area contributed by atoms with Crippen LogP contribution in [0.2, 0.25) is 0 Å². The van der Waals surface area contributed by atoms with Crippen molar-refractivity contribution in [1.29, 1.82) is 0 Å². The van der Waals surface area contributed by atoms with E-state index in [1.54, 1.807) is 54.6 Å². The fraction of sp³-hybridized carbons (Fsp3) is 0.128. The molecule has 11 nitrogen and oxygen atoms in total. The van der Waals surface area contributed by atoms with E-state index in [-0.39, 0.29) is 41.5 Å². The van der Waals surface area contributed by atoms with Crippen LogP contribution in [0.1, 0.15) is 23.6 Å². The van der Waals surface area contributed by atoms with Crippen molar-refractivity contribution < 1.29 is 27.9 Å². The van der Waals surface area contributed by atoms with Crippen LogP contribution in [-0.2, 0) is 24.4 Å². The summed E-state index contributed by atoms with van der Waals surface area (Å²) in [6.07, 6.45) is 2.78. The highest BCUT2D eigenvalue weighted by molar-refractivity contribution is 5.89. The largest absolute Gasteiger partial charge is 0.457 e. The Morgan fingerprint density at radius 2 is 1.54 bits per heavy atom. The number of urea groups is 1. The lowest BCUT2D eigenvalue weighted by molar-refractivity contribution is -0.114. The zero-order valence-corrected chi connectivity index (χ0v) is 28.2. The van der Waals surface area contributed by atoms with E-state index in [1.807, 2.05) is 42.3 Å². The summed E-state index contributed by atoms with van der Waals surface area (Å²) >= 11 is 0. The Morgan fingerprint density at radius 3 is 2.23 bits per heavy atom. The van der Waals surface area contributed by atoms with Crippen molar-refractivity contribution in [2.45, 2.75) is 26.6 Å². The molecular formula is C39H34F2N6O5. The normalized spacial score (nSPS) is 10.9. The summed E-state index contributed by atoms with van der Waals surface area (Å²) in [6, 6.07) is 27.5. The summed E-state index contributed by atoms with van der Waals surface area (Å²) < 4.78 is 37.8. The summed E-state index contributed by atoms with van der Waals surface area (Å²) in [6.45, 7) is 1.81. The number of carbonyl (C=O) groups is 2. The molecule has 264 valence electrons.